The van der Waals surface area contributed by atoms with Crippen LogP contribution in [0.2, 0.25) is 0 Å². The van der Waals surface area contributed by atoms with Gasteiger partial charge < -0.3 is 4.74 Å². The summed E-state index contributed by atoms with van der Waals surface area (Å²) < 4.78 is 5.48. The molecule has 0 aliphatic carbocycles. The van der Waals surface area contributed by atoms with Gasteiger partial charge in [0, 0.05) is 13.2 Å². The second-order valence-electron chi connectivity index (χ2n) is 3.93. The molecule has 1 nitrogen and oxygen atoms in total. The van der Waals surface area contributed by atoms with Crippen LogP contribution in [0.4, 0.5) is 0 Å². The van der Waals surface area contributed by atoms with Gasteiger partial charge in [-0.05, 0) is 30.9 Å². The van der Waals surface area contributed by atoms with Crippen molar-refractivity contribution in [3.8, 4) is 0 Å². The van der Waals surface area contributed by atoms with Crippen LogP contribution in [0.15, 0.2) is 0 Å². The minimum Gasteiger partial charge on any atom is -0.381 e. The molecule has 0 aromatic heterocycles. The topological polar surface area (TPSA) is 9.23 Å². The maximum absolute atomic E-state index is 5.48. The Balaban J connectivity index is 2.84. The van der Waals surface area contributed by atoms with Crippen LogP contribution in [0.1, 0.15) is 46.0 Å². The van der Waals surface area contributed by atoms with E-state index in [-0.39, 0.29) is 0 Å². The van der Waals surface area contributed by atoms with Gasteiger partial charge in [0.15, 0.2) is 0 Å². The fourth-order valence-corrected chi connectivity index (χ4v) is 1.40. The molecule has 0 bridgehead atoms. The third kappa shape index (κ3) is 12.3. The lowest BCUT2D eigenvalue weighted by atomic mass is 10.1. The lowest BCUT2D eigenvalue weighted by Crippen LogP contribution is -1.98. The normalized spacial score (nSPS) is 11.1. The first kappa shape index (κ1) is 13.3. The van der Waals surface area contributed by atoms with Crippen molar-refractivity contribution in [1.82, 2.24) is 0 Å². The largest absolute Gasteiger partial charge is 0.381 e. The molecule has 0 amide bonds. The van der Waals surface area contributed by atoms with E-state index in [1.165, 1.54) is 25.7 Å². The zero-order valence-electron chi connectivity index (χ0n) is 9.09. The van der Waals surface area contributed by atoms with Crippen LogP contribution in [-0.4, -0.2) is 19.0 Å². The summed E-state index contributed by atoms with van der Waals surface area (Å²) in [6, 6.07) is 0. The highest BCUT2D eigenvalue weighted by Gasteiger charge is 1.94. The van der Waals surface area contributed by atoms with E-state index in [9.17, 15) is 0 Å². The van der Waals surface area contributed by atoms with Gasteiger partial charge in [-0.3, -0.25) is 0 Å². The first-order valence-electron chi connectivity index (χ1n) is 5.46. The van der Waals surface area contributed by atoms with Crippen LogP contribution < -0.4 is 0 Å². The second-order valence-corrected chi connectivity index (χ2v) is 4.38. The third-order valence-corrected chi connectivity index (χ3v) is 2.33. The number of hydrogen-bond acceptors (Lipinski definition) is 2. The Kier molecular flexibility index (Phi) is 10.6. The molecule has 2 heteroatoms. The number of rotatable bonds is 9. The van der Waals surface area contributed by atoms with Crippen LogP contribution >= 0.6 is 12.6 Å². The summed E-state index contributed by atoms with van der Waals surface area (Å²) >= 11 is 4.15. The predicted molar refractivity (Wildman–Crippen MR) is 62.6 cm³/mol. The van der Waals surface area contributed by atoms with Gasteiger partial charge in [0.1, 0.15) is 0 Å². The molecule has 0 rings (SSSR count). The van der Waals surface area contributed by atoms with Crippen molar-refractivity contribution < 1.29 is 4.74 Å². The maximum Gasteiger partial charge on any atom is 0.0466 e. The van der Waals surface area contributed by atoms with Crippen molar-refractivity contribution >= 4 is 12.6 Å². The molecule has 0 atom stereocenters. The van der Waals surface area contributed by atoms with E-state index in [0.717, 1.165) is 31.3 Å². The monoisotopic (exact) mass is 204 g/mol. The average molecular weight is 204 g/mol. The van der Waals surface area contributed by atoms with Gasteiger partial charge >= 0.3 is 0 Å². The highest BCUT2D eigenvalue weighted by atomic mass is 32.1. The number of hydrogen-bond donors (Lipinski definition) is 1. The SMILES string of the molecule is CC(C)CCCCOCCCCS. The van der Waals surface area contributed by atoms with Gasteiger partial charge in [0.25, 0.3) is 0 Å². The molecule has 0 N–H and O–H groups in total. The summed E-state index contributed by atoms with van der Waals surface area (Å²) in [6.45, 7) is 6.41. The van der Waals surface area contributed by atoms with Gasteiger partial charge in [-0.2, -0.15) is 12.6 Å². The van der Waals surface area contributed by atoms with E-state index < -0.39 is 0 Å². The number of thiol groups is 1. The van der Waals surface area contributed by atoms with Crippen LogP contribution in [0.25, 0.3) is 0 Å². The van der Waals surface area contributed by atoms with E-state index >= 15 is 0 Å². The Morgan fingerprint density at radius 1 is 1.00 bits per heavy atom. The van der Waals surface area contributed by atoms with Gasteiger partial charge in [0.2, 0.25) is 0 Å². The molecule has 0 aliphatic heterocycles. The molecule has 0 heterocycles. The molecule has 0 spiro atoms. The summed E-state index contributed by atoms with van der Waals surface area (Å²) in [6.07, 6.45) is 6.20. The zero-order valence-corrected chi connectivity index (χ0v) is 9.98. The van der Waals surface area contributed by atoms with Crippen LogP contribution in [0.3, 0.4) is 0 Å². The minimum absolute atomic E-state index is 0.837. The quantitative estimate of drug-likeness (QED) is 0.446. The summed E-state index contributed by atoms with van der Waals surface area (Å²) in [7, 11) is 0. The molecule has 0 radical (unpaired) electrons. The van der Waals surface area contributed by atoms with Crippen molar-refractivity contribution in [3.63, 3.8) is 0 Å². The lowest BCUT2D eigenvalue weighted by Gasteiger charge is -2.05. The van der Waals surface area contributed by atoms with Gasteiger partial charge in [0.05, 0.1) is 0 Å². The van der Waals surface area contributed by atoms with E-state index in [0.29, 0.717) is 0 Å². The third-order valence-electron chi connectivity index (χ3n) is 2.02. The van der Waals surface area contributed by atoms with Crippen molar-refractivity contribution in [3.05, 3.63) is 0 Å². The Morgan fingerprint density at radius 2 is 1.62 bits per heavy atom. The van der Waals surface area contributed by atoms with Gasteiger partial charge in [-0.15, -0.1) is 0 Å². The van der Waals surface area contributed by atoms with Gasteiger partial charge in [-0.1, -0.05) is 26.7 Å². The Bertz CT molecular complexity index is 94.1. The predicted octanol–water partition coefficient (Wildman–Crippen LogP) is 3.54. The summed E-state index contributed by atoms with van der Waals surface area (Å²) in [4.78, 5) is 0. The Morgan fingerprint density at radius 3 is 2.15 bits per heavy atom. The van der Waals surface area contributed by atoms with Crippen LogP contribution in [0.5, 0.6) is 0 Å². The van der Waals surface area contributed by atoms with Crippen molar-refractivity contribution in [2.45, 2.75) is 46.0 Å². The Hall–Kier alpha value is 0.310. The van der Waals surface area contributed by atoms with E-state index in [1.807, 2.05) is 0 Å². The lowest BCUT2D eigenvalue weighted by molar-refractivity contribution is 0.126. The molecule has 80 valence electrons. The summed E-state index contributed by atoms with van der Waals surface area (Å²) in [5.74, 6) is 1.82. The Labute approximate surface area is 88.7 Å². The number of ether oxygens (including phenoxy) is 1. The molecule has 0 saturated carbocycles. The first-order valence-corrected chi connectivity index (χ1v) is 6.09. The smallest absolute Gasteiger partial charge is 0.0466 e. The minimum atomic E-state index is 0.837. The fraction of sp³-hybridized carbons (Fsp3) is 1.00. The maximum atomic E-state index is 5.48. The highest BCUT2D eigenvalue weighted by Crippen LogP contribution is 2.06. The van der Waals surface area contributed by atoms with Crippen molar-refractivity contribution in [2.24, 2.45) is 5.92 Å². The van der Waals surface area contributed by atoms with Crippen molar-refractivity contribution in [2.75, 3.05) is 19.0 Å². The first-order chi connectivity index (χ1) is 6.27. The molecule has 0 aliphatic rings. The standard InChI is InChI=1S/C11H24OS/c1-11(2)7-3-4-8-12-9-5-6-10-13/h11,13H,3-10H2,1-2H3. The molecule has 0 aromatic carbocycles. The summed E-state index contributed by atoms with van der Waals surface area (Å²) in [5, 5.41) is 0. The number of unbranched alkanes of at least 4 members (excludes halogenated alkanes) is 2. The summed E-state index contributed by atoms with van der Waals surface area (Å²) in [5.41, 5.74) is 0. The molecule has 0 aromatic rings. The van der Waals surface area contributed by atoms with E-state index in [2.05, 4.69) is 26.5 Å². The molecule has 0 saturated heterocycles. The molecule has 0 unspecified atom stereocenters. The van der Waals surface area contributed by atoms with Crippen LogP contribution in [0, 0.1) is 5.92 Å². The van der Waals surface area contributed by atoms with E-state index in [4.69, 9.17) is 4.74 Å². The molecular weight excluding hydrogens is 180 g/mol. The fourth-order valence-electron chi connectivity index (χ4n) is 1.17. The van der Waals surface area contributed by atoms with Crippen LogP contribution in [-0.2, 0) is 4.74 Å². The van der Waals surface area contributed by atoms with E-state index in [1.54, 1.807) is 0 Å². The van der Waals surface area contributed by atoms with Crippen molar-refractivity contribution in [1.29, 1.82) is 0 Å². The molecule has 0 fully saturated rings. The second kappa shape index (κ2) is 10.4. The van der Waals surface area contributed by atoms with Gasteiger partial charge in [-0.25, -0.2) is 0 Å². The molecule has 13 heavy (non-hydrogen) atoms. The molecular formula is C11H24OS. The zero-order chi connectivity index (χ0) is 9.94. The highest BCUT2D eigenvalue weighted by molar-refractivity contribution is 7.80. The average Bonchev–Trinajstić information content (AvgIpc) is 2.09.